The van der Waals surface area contributed by atoms with Crippen LogP contribution < -0.4 is 11.1 Å². The lowest BCUT2D eigenvalue weighted by Gasteiger charge is -2.15. The topological polar surface area (TPSA) is 98.3 Å². The summed E-state index contributed by atoms with van der Waals surface area (Å²) in [7, 11) is 0. The first-order valence-corrected chi connectivity index (χ1v) is 6.18. The molecule has 0 aliphatic heterocycles. The summed E-state index contributed by atoms with van der Waals surface area (Å²) >= 11 is 0. The van der Waals surface area contributed by atoms with Crippen molar-refractivity contribution in [2.45, 2.75) is 26.3 Å². The van der Waals surface area contributed by atoms with E-state index in [1.54, 1.807) is 12.1 Å². The van der Waals surface area contributed by atoms with Gasteiger partial charge in [0.25, 0.3) is 5.69 Å². The zero-order valence-electron chi connectivity index (χ0n) is 11.5. The number of halogens is 1. The fourth-order valence-corrected chi connectivity index (χ4v) is 1.53. The zero-order valence-corrected chi connectivity index (χ0v) is 12.4. The lowest BCUT2D eigenvalue weighted by molar-refractivity contribution is -0.384. The molecule has 20 heavy (non-hydrogen) atoms. The largest absolute Gasteiger partial charge is 0.354 e. The molecule has 0 radical (unpaired) electrons. The van der Waals surface area contributed by atoms with Crippen molar-refractivity contribution in [3.8, 4) is 0 Å². The molecule has 0 heterocycles. The summed E-state index contributed by atoms with van der Waals surface area (Å²) in [5, 5.41) is 13.2. The van der Waals surface area contributed by atoms with Crippen LogP contribution in [0.15, 0.2) is 24.3 Å². The van der Waals surface area contributed by atoms with Gasteiger partial charge >= 0.3 is 0 Å². The molecule has 1 rings (SSSR count). The number of benzene rings is 1. The highest BCUT2D eigenvalue weighted by atomic mass is 35.5. The molecule has 0 fully saturated rings. The van der Waals surface area contributed by atoms with Crippen LogP contribution in [-0.2, 0) is 11.2 Å². The molecule has 0 saturated carbocycles. The number of hydrogen-bond donors (Lipinski definition) is 2. The molecule has 6 nitrogen and oxygen atoms in total. The first kappa shape index (κ1) is 18.3. The number of hydrogen-bond acceptors (Lipinski definition) is 4. The van der Waals surface area contributed by atoms with Crippen LogP contribution in [-0.4, -0.2) is 23.4 Å². The van der Waals surface area contributed by atoms with E-state index < -0.39 is 11.0 Å². The minimum atomic E-state index is -0.503. The molecule has 0 spiro atoms. The number of non-ortho nitro benzene ring substituents is 1. The van der Waals surface area contributed by atoms with Gasteiger partial charge in [0.1, 0.15) is 0 Å². The van der Waals surface area contributed by atoms with Crippen molar-refractivity contribution in [1.29, 1.82) is 0 Å². The number of nitrogens with two attached hydrogens (primary N) is 1. The summed E-state index contributed by atoms with van der Waals surface area (Å²) in [5.74, 6) is -0.0729. The van der Waals surface area contributed by atoms with Gasteiger partial charge in [-0.1, -0.05) is 26.0 Å². The predicted molar refractivity (Wildman–Crippen MR) is 79.9 cm³/mol. The Kier molecular flexibility index (Phi) is 7.79. The van der Waals surface area contributed by atoms with Gasteiger partial charge in [-0.3, -0.25) is 14.9 Å². The van der Waals surface area contributed by atoms with Crippen molar-refractivity contribution in [2.75, 3.05) is 6.54 Å². The molecule has 0 unspecified atom stereocenters. The van der Waals surface area contributed by atoms with E-state index in [1.807, 2.05) is 13.8 Å². The summed E-state index contributed by atoms with van der Waals surface area (Å²) in [6.45, 7) is 4.25. The van der Waals surface area contributed by atoms with Crippen LogP contribution in [0.4, 0.5) is 5.69 Å². The normalized spacial score (nSPS) is 11.6. The standard InChI is InChI=1S/C13H19N3O3.ClH/c1-9(2)12(14)13(17)15-8-7-10-3-5-11(6-4-10)16(18)19;/h3-6,9,12H,7-8,14H2,1-2H3,(H,15,17);1H/t12-;/m1./s1. The van der Waals surface area contributed by atoms with Gasteiger partial charge < -0.3 is 11.1 Å². The Morgan fingerprint density at radius 3 is 2.35 bits per heavy atom. The van der Waals surface area contributed by atoms with E-state index >= 15 is 0 Å². The van der Waals surface area contributed by atoms with Gasteiger partial charge in [-0.25, -0.2) is 0 Å². The highest BCUT2D eigenvalue weighted by molar-refractivity contribution is 5.85. The third-order valence-corrected chi connectivity index (χ3v) is 2.88. The van der Waals surface area contributed by atoms with Crippen molar-refractivity contribution in [1.82, 2.24) is 5.32 Å². The van der Waals surface area contributed by atoms with Crippen molar-refractivity contribution < 1.29 is 9.72 Å². The second-order valence-corrected chi connectivity index (χ2v) is 4.73. The smallest absolute Gasteiger partial charge is 0.269 e. The van der Waals surface area contributed by atoms with Crippen molar-refractivity contribution in [3.63, 3.8) is 0 Å². The Hall–Kier alpha value is -1.66. The molecular weight excluding hydrogens is 282 g/mol. The van der Waals surface area contributed by atoms with Gasteiger partial charge in [0.05, 0.1) is 11.0 Å². The van der Waals surface area contributed by atoms with E-state index in [4.69, 9.17) is 5.73 Å². The van der Waals surface area contributed by atoms with E-state index in [0.29, 0.717) is 13.0 Å². The van der Waals surface area contributed by atoms with Crippen molar-refractivity contribution >= 4 is 24.0 Å². The third kappa shape index (κ3) is 5.54. The van der Waals surface area contributed by atoms with Crippen LogP contribution in [0.5, 0.6) is 0 Å². The minimum absolute atomic E-state index is 0. The SMILES string of the molecule is CC(C)[C@@H](N)C(=O)NCCc1ccc([N+](=O)[O-])cc1.Cl. The van der Waals surface area contributed by atoms with Gasteiger partial charge in [0, 0.05) is 18.7 Å². The Labute approximate surface area is 124 Å². The quantitative estimate of drug-likeness (QED) is 0.616. The Morgan fingerprint density at radius 2 is 1.90 bits per heavy atom. The van der Waals surface area contributed by atoms with Gasteiger partial charge in [-0.05, 0) is 17.9 Å². The molecule has 1 amide bonds. The van der Waals surface area contributed by atoms with E-state index in [0.717, 1.165) is 5.56 Å². The van der Waals surface area contributed by atoms with Crippen molar-refractivity contribution in [3.05, 3.63) is 39.9 Å². The number of rotatable bonds is 6. The summed E-state index contributed by atoms with van der Waals surface area (Å²) in [6.07, 6.45) is 0.620. The number of nitro benzene ring substituents is 1. The molecular formula is C13H20ClN3O3. The lowest BCUT2D eigenvalue weighted by atomic mass is 10.0. The van der Waals surface area contributed by atoms with E-state index in [2.05, 4.69) is 5.32 Å². The maximum Gasteiger partial charge on any atom is 0.269 e. The summed E-state index contributed by atoms with van der Waals surface area (Å²) in [4.78, 5) is 21.6. The zero-order chi connectivity index (χ0) is 14.4. The van der Waals surface area contributed by atoms with Crippen molar-refractivity contribution in [2.24, 2.45) is 11.7 Å². The minimum Gasteiger partial charge on any atom is -0.354 e. The molecule has 0 saturated heterocycles. The highest BCUT2D eigenvalue weighted by Crippen LogP contribution is 2.11. The number of carbonyl (C=O) groups is 1. The molecule has 112 valence electrons. The monoisotopic (exact) mass is 301 g/mol. The second-order valence-electron chi connectivity index (χ2n) is 4.73. The fourth-order valence-electron chi connectivity index (χ4n) is 1.53. The maximum absolute atomic E-state index is 11.6. The number of nitrogens with one attached hydrogen (secondary N) is 1. The third-order valence-electron chi connectivity index (χ3n) is 2.88. The van der Waals surface area contributed by atoms with Crippen LogP contribution in [0.1, 0.15) is 19.4 Å². The maximum atomic E-state index is 11.6. The predicted octanol–water partition coefficient (Wildman–Crippen LogP) is 1.66. The number of amides is 1. The van der Waals surface area contributed by atoms with Crippen LogP contribution in [0, 0.1) is 16.0 Å². The van der Waals surface area contributed by atoms with E-state index in [-0.39, 0.29) is 29.9 Å². The van der Waals surface area contributed by atoms with Gasteiger partial charge in [0.2, 0.25) is 5.91 Å². The molecule has 3 N–H and O–H groups in total. The molecule has 1 atom stereocenters. The lowest BCUT2D eigenvalue weighted by Crippen LogP contribution is -2.44. The molecule has 0 aliphatic rings. The Balaban J connectivity index is 0.00000361. The van der Waals surface area contributed by atoms with Gasteiger partial charge in [-0.2, -0.15) is 0 Å². The van der Waals surface area contributed by atoms with E-state index in [1.165, 1.54) is 12.1 Å². The van der Waals surface area contributed by atoms with Crippen LogP contribution in [0.3, 0.4) is 0 Å². The summed E-state index contributed by atoms with van der Waals surface area (Å²) in [5.41, 5.74) is 6.70. The molecule has 1 aromatic rings. The average Bonchev–Trinajstić information content (AvgIpc) is 2.38. The summed E-state index contributed by atoms with van der Waals surface area (Å²) in [6, 6.07) is 5.78. The highest BCUT2D eigenvalue weighted by Gasteiger charge is 2.16. The Bertz CT molecular complexity index is 449. The number of nitrogens with zero attached hydrogens (tertiary/aromatic N) is 1. The fraction of sp³-hybridized carbons (Fsp3) is 0.462. The van der Waals surface area contributed by atoms with Crippen LogP contribution in [0.2, 0.25) is 0 Å². The van der Waals surface area contributed by atoms with Crippen LogP contribution >= 0.6 is 12.4 Å². The first-order chi connectivity index (χ1) is 8.91. The molecule has 7 heteroatoms. The van der Waals surface area contributed by atoms with Gasteiger partial charge in [-0.15, -0.1) is 12.4 Å². The van der Waals surface area contributed by atoms with Crippen LogP contribution in [0.25, 0.3) is 0 Å². The Morgan fingerprint density at radius 1 is 1.35 bits per heavy atom. The summed E-state index contributed by atoms with van der Waals surface area (Å²) < 4.78 is 0. The molecule has 0 aromatic heterocycles. The molecule has 1 aromatic carbocycles. The first-order valence-electron chi connectivity index (χ1n) is 6.18. The van der Waals surface area contributed by atoms with Gasteiger partial charge in [0.15, 0.2) is 0 Å². The average molecular weight is 302 g/mol. The second kappa shape index (κ2) is 8.50. The molecule has 0 bridgehead atoms. The number of nitro groups is 1. The number of carbonyl (C=O) groups excluding carboxylic acids is 1. The molecule has 0 aliphatic carbocycles. The van der Waals surface area contributed by atoms with E-state index in [9.17, 15) is 14.9 Å².